The molecule has 2 rings (SSSR count). The Morgan fingerprint density at radius 1 is 1.16 bits per heavy atom. The third-order valence-electron chi connectivity index (χ3n) is 4.77. The summed E-state index contributed by atoms with van der Waals surface area (Å²) in [7, 11) is 0. The molecule has 0 bridgehead atoms. The molecule has 0 aromatic heterocycles. The largest absolute Gasteiger partial charge is 0.392 e. The van der Waals surface area contributed by atoms with Crippen molar-refractivity contribution >= 4 is 0 Å². The van der Waals surface area contributed by atoms with Gasteiger partial charge in [-0.05, 0) is 18.8 Å². The summed E-state index contributed by atoms with van der Waals surface area (Å²) in [6, 6.07) is 0.502. The van der Waals surface area contributed by atoms with Crippen molar-refractivity contribution in [2.45, 2.75) is 70.3 Å². The number of hydrogen-bond acceptors (Lipinski definition) is 4. The summed E-state index contributed by atoms with van der Waals surface area (Å²) in [6.07, 6.45) is 6.00. The Morgan fingerprint density at radius 3 is 2.26 bits per heavy atom. The number of aliphatic hydroxyl groups is 1. The van der Waals surface area contributed by atoms with Gasteiger partial charge in [-0.3, -0.25) is 0 Å². The van der Waals surface area contributed by atoms with Crippen molar-refractivity contribution in [2.24, 2.45) is 5.92 Å². The molecule has 4 nitrogen and oxygen atoms in total. The molecule has 1 unspecified atom stereocenters. The monoisotopic (exact) mass is 271 g/mol. The van der Waals surface area contributed by atoms with Crippen LogP contribution in [0.15, 0.2) is 0 Å². The van der Waals surface area contributed by atoms with Gasteiger partial charge in [-0.25, -0.2) is 0 Å². The van der Waals surface area contributed by atoms with E-state index in [2.05, 4.69) is 19.2 Å². The van der Waals surface area contributed by atoms with E-state index in [0.717, 1.165) is 51.7 Å². The lowest BCUT2D eigenvalue weighted by Gasteiger charge is -2.36. The van der Waals surface area contributed by atoms with E-state index in [9.17, 15) is 5.11 Å². The first-order chi connectivity index (χ1) is 9.19. The van der Waals surface area contributed by atoms with Crippen LogP contribution in [0.5, 0.6) is 0 Å². The average molecular weight is 271 g/mol. The summed E-state index contributed by atoms with van der Waals surface area (Å²) in [5, 5.41) is 13.6. The van der Waals surface area contributed by atoms with E-state index in [4.69, 9.17) is 9.47 Å². The van der Waals surface area contributed by atoms with Crippen molar-refractivity contribution < 1.29 is 14.6 Å². The molecule has 0 aromatic rings. The van der Waals surface area contributed by atoms with Gasteiger partial charge in [0.2, 0.25) is 0 Å². The molecule has 1 heterocycles. The highest BCUT2D eigenvalue weighted by Crippen LogP contribution is 2.35. The highest BCUT2D eigenvalue weighted by atomic mass is 16.7. The second kappa shape index (κ2) is 7.02. The van der Waals surface area contributed by atoms with Crippen LogP contribution in [-0.2, 0) is 9.47 Å². The maximum Gasteiger partial charge on any atom is 0.168 e. The van der Waals surface area contributed by atoms with Crippen LogP contribution < -0.4 is 5.32 Å². The molecule has 2 fully saturated rings. The zero-order valence-corrected chi connectivity index (χ0v) is 12.4. The Labute approximate surface area is 116 Å². The van der Waals surface area contributed by atoms with E-state index >= 15 is 0 Å². The van der Waals surface area contributed by atoms with Gasteiger partial charge in [0, 0.05) is 25.4 Å². The van der Waals surface area contributed by atoms with E-state index in [1.54, 1.807) is 0 Å². The molecule has 0 aromatic carbocycles. The summed E-state index contributed by atoms with van der Waals surface area (Å²) >= 11 is 0. The number of rotatable bonds is 6. The number of nitrogens with one attached hydrogen (secondary N) is 1. The molecule has 1 atom stereocenters. The molecule has 1 aliphatic heterocycles. The van der Waals surface area contributed by atoms with Crippen LogP contribution in [0.3, 0.4) is 0 Å². The predicted octanol–water partition coefficient (Wildman–Crippen LogP) is 2.06. The Bertz CT molecular complexity index is 252. The summed E-state index contributed by atoms with van der Waals surface area (Å²) in [6.45, 7) is 6.50. The van der Waals surface area contributed by atoms with Crippen molar-refractivity contribution in [3.05, 3.63) is 0 Å². The van der Waals surface area contributed by atoms with Crippen LogP contribution in [0, 0.1) is 5.92 Å². The smallest absolute Gasteiger partial charge is 0.168 e. The van der Waals surface area contributed by atoms with Crippen molar-refractivity contribution in [2.75, 3.05) is 19.8 Å². The second-order valence-corrected chi connectivity index (χ2v) is 5.93. The van der Waals surface area contributed by atoms with Gasteiger partial charge in [-0.2, -0.15) is 0 Å². The lowest BCUT2D eigenvalue weighted by molar-refractivity contribution is -0.179. The van der Waals surface area contributed by atoms with Gasteiger partial charge in [0.1, 0.15) is 0 Å². The van der Waals surface area contributed by atoms with Crippen LogP contribution >= 0.6 is 0 Å². The summed E-state index contributed by atoms with van der Waals surface area (Å²) < 4.78 is 11.5. The van der Waals surface area contributed by atoms with Crippen molar-refractivity contribution in [3.8, 4) is 0 Å². The molecule has 1 spiro atoms. The molecule has 1 aliphatic carbocycles. The standard InChI is InChI=1S/C15H29NO3/c1-3-12(4-2)14(17)11-16-13-5-7-15(8-6-13)18-9-10-19-15/h12-14,16-17H,3-11H2,1-2H3. The Morgan fingerprint density at radius 2 is 1.74 bits per heavy atom. The molecule has 2 N–H and O–H groups in total. The quantitative estimate of drug-likeness (QED) is 0.776. The zero-order chi connectivity index (χ0) is 13.7. The Hall–Kier alpha value is -0.160. The molecule has 19 heavy (non-hydrogen) atoms. The highest BCUT2D eigenvalue weighted by Gasteiger charge is 2.40. The van der Waals surface area contributed by atoms with Crippen molar-refractivity contribution in [1.29, 1.82) is 0 Å². The molecule has 4 heteroatoms. The molecule has 2 aliphatic rings. The van der Waals surface area contributed by atoms with Crippen molar-refractivity contribution in [3.63, 3.8) is 0 Å². The SMILES string of the molecule is CCC(CC)C(O)CNC1CCC2(CC1)OCCO2. The highest BCUT2D eigenvalue weighted by molar-refractivity contribution is 4.86. The normalized spacial score (nSPS) is 25.3. The lowest BCUT2D eigenvalue weighted by Crippen LogP contribution is -2.45. The zero-order valence-electron chi connectivity index (χ0n) is 12.4. The molecule has 1 saturated heterocycles. The molecular weight excluding hydrogens is 242 g/mol. The van der Waals surface area contributed by atoms with E-state index in [0.29, 0.717) is 18.5 Å². The minimum atomic E-state index is -0.272. The molecule has 0 radical (unpaired) electrons. The summed E-state index contributed by atoms with van der Waals surface area (Å²) in [4.78, 5) is 0. The number of aliphatic hydroxyl groups excluding tert-OH is 1. The molecular formula is C15H29NO3. The number of hydrogen-bond donors (Lipinski definition) is 2. The van der Waals surface area contributed by atoms with Crippen LogP contribution in [0.25, 0.3) is 0 Å². The first-order valence-corrected chi connectivity index (χ1v) is 7.88. The third-order valence-corrected chi connectivity index (χ3v) is 4.77. The number of ether oxygens (including phenoxy) is 2. The van der Waals surface area contributed by atoms with Crippen LogP contribution in [-0.4, -0.2) is 42.8 Å². The van der Waals surface area contributed by atoms with Crippen molar-refractivity contribution in [1.82, 2.24) is 5.32 Å². The molecule has 0 amide bonds. The van der Waals surface area contributed by atoms with Gasteiger partial charge in [0.25, 0.3) is 0 Å². The summed E-state index contributed by atoms with van der Waals surface area (Å²) in [5.74, 6) is 0.149. The van der Waals surface area contributed by atoms with Gasteiger partial charge in [-0.1, -0.05) is 26.7 Å². The van der Waals surface area contributed by atoms with E-state index in [1.165, 1.54) is 0 Å². The minimum Gasteiger partial charge on any atom is -0.392 e. The third kappa shape index (κ3) is 3.91. The maximum absolute atomic E-state index is 10.1. The van der Waals surface area contributed by atoms with E-state index in [1.807, 2.05) is 0 Å². The minimum absolute atomic E-state index is 0.218. The predicted molar refractivity (Wildman–Crippen MR) is 75.0 cm³/mol. The van der Waals surface area contributed by atoms with Gasteiger partial charge < -0.3 is 19.9 Å². The van der Waals surface area contributed by atoms with Gasteiger partial charge >= 0.3 is 0 Å². The van der Waals surface area contributed by atoms with Gasteiger partial charge in [0.15, 0.2) is 5.79 Å². The maximum atomic E-state index is 10.1. The Balaban J connectivity index is 1.68. The van der Waals surface area contributed by atoms with Gasteiger partial charge in [-0.15, -0.1) is 0 Å². The van der Waals surface area contributed by atoms with Gasteiger partial charge in [0.05, 0.1) is 19.3 Å². The fourth-order valence-corrected chi connectivity index (χ4v) is 3.33. The molecule has 1 saturated carbocycles. The average Bonchev–Trinajstić information content (AvgIpc) is 2.88. The van der Waals surface area contributed by atoms with Crippen LogP contribution in [0.4, 0.5) is 0 Å². The van der Waals surface area contributed by atoms with Crippen LogP contribution in [0.1, 0.15) is 52.4 Å². The van der Waals surface area contributed by atoms with E-state index in [-0.39, 0.29) is 11.9 Å². The van der Waals surface area contributed by atoms with E-state index < -0.39 is 0 Å². The second-order valence-electron chi connectivity index (χ2n) is 5.93. The lowest BCUT2D eigenvalue weighted by atomic mass is 9.89. The first kappa shape index (κ1) is 15.2. The topological polar surface area (TPSA) is 50.7 Å². The first-order valence-electron chi connectivity index (χ1n) is 7.88. The fourth-order valence-electron chi connectivity index (χ4n) is 3.33. The van der Waals surface area contributed by atoms with Crippen LogP contribution in [0.2, 0.25) is 0 Å². The molecule has 112 valence electrons. The Kier molecular flexibility index (Phi) is 5.63. The summed E-state index contributed by atoms with van der Waals surface area (Å²) in [5.41, 5.74) is 0. The fraction of sp³-hybridized carbons (Fsp3) is 1.00.